The molecule has 3 rings (SSSR count). The number of rotatable bonds is 4. The minimum absolute atomic E-state index is 0. The summed E-state index contributed by atoms with van der Waals surface area (Å²) in [6, 6.07) is 5.46. The summed E-state index contributed by atoms with van der Waals surface area (Å²) in [4.78, 5) is 4.31. The number of halogens is 2. The topological polar surface area (TPSA) is 74.2 Å². The summed E-state index contributed by atoms with van der Waals surface area (Å²) < 4.78 is 10.8. The Labute approximate surface area is 134 Å². The third-order valence-corrected chi connectivity index (χ3v) is 3.88. The van der Waals surface area contributed by atoms with Gasteiger partial charge in [-0.05, 0) is 49.9 Å². The van der Waals surface area contributed by atoms with Gasteiger partial charge in [0.25, 0.3) is 5.89 Å². The van der Waals surface area contributed by atoms with Crippen LogP contribution >= 0.6 is 24.0 Å². The molecule has 5 nitrogen and oxygen atoms in total. The second-order valence-corrected chi connectivity index (χ2v) is 5.66. The Balaban J connectivity index is 0.00000161. The molecule has 0 saturated heterocycles. The molecular weight excluding hydrogens is 313 g/mol. The molecule has 1 aromatic carbocycles. The summed E-state index contributed by atoms with van der Waals surface area (Å²) in [6.07, 6.45) is 2.92. The van der Waals surface area contributed by atoms with Gasteiger partial charge in [-0.2, -0.15) is 4.98 Å². The van der Waals surface area contributed by atoms with E-state index in [0.717, 1.165) is 30.6 Å². The zero-order valence-electron chi connectivity index (χ0n) is 11.6. The van der Waals surface area contributed by atoms with Crippen molar-refractivity contribution in [2.75, 3.05) is 0 Å². The SMILES string of the molecule is Cc1cc(Cl)ccc1OCc1nc(C2(N)CCC2)no1.Cl. The lowest BCUT2D eigenvalue weighted by atomic mass is 9.77. The van der Waals surface area contributed by atoms with Crippen molar-refractivity contribution in [2.24, 2.45) is 5.73 Å². The zero-order valence-corrected chi connectivity index (χ0v) is 13.2. The third-order valence-electron chi connectivity index (χ3n) is 3.65. The van der Waals surface area contributed by atoms with Crippen molar-refractivity contribution >= 4 is 24.0 Å². The van der Waals surface area contributed by atoms with Crippen molar-refractivity contribution in [2.45, 2.75) is 38.3 Å². The molecule has 0 aliphatic heterocycles. The Hall–Kier alpha value is -1.30. The highest BCUT2D eigenvalue weighted by Gasteiger charge is 2.38. The monoisotopic (exact) mass is 329 g/mol. The fraction of sp³-hybridized carbons (Fsp3) is 0.429. The predicted molar refractivity (Wildman–Crippen MR) is 81.8 cm³/mol. The molecule has 0 unspecified atom stereocenters. The van der Waals surface area contributed by atoms with Crippen molar-refractivity contribution in [1.29, 1.82) is 0 Å². The molecule has 2 aromatic rings. The van der Waals surface area contributed by atoms with Crippen LogP contribution in [0.4, 0.5) is 0 Å². The largest absolute Gasteiger partial charge is 0.483 e. The van der Waals surface area contributed by atoms with Crippen LogP contribution in [0.2, 0.25) is 5.02 Å². The van der Waals surface area contributed by atoms with Gasteiger partial charge in [-0.1, -0.05) is 16.8 Å². The number of aromatic nitrogens is 2. The number of hydrogen-bond acceptors (Lipinski definition) is 5. The molecule has 1 aliphatic rings. The molecule has 0 bridgehead atoms. The Morgan fingerprint density at radius 3 is 2.81 bits per heavy atom. The molecule has 1 aromatic heterocycles. The van der Waals surface area contributed by atoms with Crippen LogP contribution in [0.15, 0.2) is 22.7 Å². The quantitative estimate of drug-likeness (QED) is 0.930. The highest BCUT2D eigenvalue weighted by atomic mass is 35.5. The van der Waals surface area contributed by atoms with Crippen LogP contribution in [0.1, 0.15) is 36.5 Å². The molecular formula is C14H17Cl2N3O2. The van der Waals surface area contributed by atoms with E-state index in [9.17, 15) is 0 Å². The first-order valence-corrected chi connectivity index (χ1v) is 6.95. The van der Waals surface area contributed by atoms with E-state index >= 15 is 0 Å². The van der Waals surface area contributed by atoms with E-state index in [-0.39, 0.29) is 19.0 Å². The molecule has 21 heavy (non-hydrogen) atoms. The van der Waals surface area contributed by atoms with E-state index in [2.05, 4.69) is 10.1 Å². The van der Waals surface area contributed by atoms with E-state index in [1.165, 1.54) is 0 Å². The number of nitrogens with zero attached hydrogens (tertiary/aromatic N) is 2. The third kappa shape index (κ3) is 3.31. The van der Waals surface area contributed by atoms with Crippen LogP contribution in [-0.4, -0.2) is 10.1 Å². The van der Waals surface area contributed by atoms with E-state index in [1.807, 2.05) is 19.1 Å². The molecule has 7 heteroatoms. The van der Waals surface area contributed by atoms with Crippen molar-refractivity contribution in [3.8, 4) is 5.75 Å². The standard InChI is InChI=1S/C14H16ClN3O2.ClH/c1-9-7-10(15)3-4-11(9)19-8-12-17-13(18-20-12)14(16)5-2-6-14;/h3-4,7H,2,5-6,8,16H2,1H3;1H. The van der Waals surface area contributed by atoms with Gasteiger partial charge in [-0.3, -0.25) is 0 Å². The minimum Gasteiger partial charge on any atom is -0.483 e. The number of benzene rings is 1. The van der Waals surface area contributed by atoms with Gasteiger partial charge >= 0.3 is 0 Å². The molecule has 2 N–H and O–H groups in total. The van der Waals surface area contributed by atoms with Crippen molar-refractivity contribution < 1.29 is 9.26 Å². The maximum atomic E-state index is 6.15. The van der Waals surface area contributed by atoms with Crippen LogP contribution in [-0.2, 0) is 12.1 Å². The van der Waals surface area contributed by atoms with Crippen molar-refractivity contribution in [1.82, 2.24) is 10.1 Å². The summed E-state index contributed by atoms with van der Waals surface area (Å²) in [5.74, 6) is 1.77. The Kier molecular flexibility index (Phi) is 4.76. The van der Waals surface area contributed by atoms with Gasteiger partial charge in [0.05, 0.1) is 5.54 Å². The van der Waals surface area contributed by atoms with Crippen LogP contribution in [0.5, 0.6) is 5.75 Å². The highest BCUT2D eigenvalue weighted by Crippen LogP contribution is 2.36. The molecule has 0 spiro atoms. The molecule has 1 fully saturated rings. The van der Waals surface area contributed by atoms with Crippen molar-refractivity contribution in [3.63, 3.8) is 0 Å². The van der Waals surface area contributed by atoms with E-state index in [1.54, 1.807) is 6.07 Å². The normalized spacial score (nSPS) is 16.0. The van der Waals surface area contributed by atoms with Gasteiger partial charge in [0, 0.05) is 5.02 Å². The minimum atomic E-state index is -0.405. The first-order chi connectivity index (χ1) is 9.57. The van der Waals surface area contributed by atoms with Gasteiger partial charge in [-0.15, -0.1) is 12.4 Å². The Morgan fingerprint density at radius 2 is 2.19 bits per heavy atom. The number of aryl methyl sites for hydroxylation is 1. The first kappa shape index (κ1) is 16.1. The van der Waals surface area contributed by atoms with E-state index < -0.39 is 5.54 Å². The van der Waals surface area contributed by atoms with E-state index in [4.69, 9.17) is 26.6 Å². The molecule has 0 amide bonds. The van der Waals surface area contributed by atoms with Crippen LogP contribution in [0, 0.1) is 6.92 Å². The molecule has 0 radical (unpaired) electrons. The number of ether oxygens (including phenoxy) is 1. The van der Waals surface area contributed by atoms with Gasteiger partial charge in [-0.25, -0.2) is 0 Å². The molecule has 1 heterocycles. The summed E-state index contributed by atoms with van der Waals surface area (Å²) in [5.41, 5.74) is 6.70. The second kappa shape index (κ2) is 6.22. The molecule has 0 atom stereocenters. The smallest absolute Gasteiger partial charge is 0.264 e. The molecule has 1 saturated carbocycles. The fourth-order valence-electron chi connectivity index (χ4n) is 2.21. The average Bonchev–Trinajstić information content (AvgIpc) is 2.84. The average molecular weight is 330 g/mol. The number of hydrogen-bond donors (Lipinski definition) is 1. The fourth-order valence-corrected chi connectivity index (χ4v) is 2.44. The lowest BCUT2D eigenvalue weighted by molar-refractivity contribution is 0.222. The first-order valence-electron chi connectivity index (χ1n) is 6.58. The maximum absolute atomic E-state index is 6.15. The second-order valence-electron chi connectivity index (χ2n) is 5.22. The molecule has 1 aliphatic carbocycles. The van der Waals surface area contributed by atoms with Crippen LogP contribution in [0.25, 0.3) is 0 Å². The number of nitrogens with two attached hydrogens (primary N) is 1. The lowest BCUT2D eigenvalue weighted by Crippen LogP contribution is -2.44. The lowest BCUT2D eigenvalue weighted by Gasteiger charge is -2.34. The maximum Gasteiger partial charge on any atom is 0.264 e. The summed E-state index contributed by atoms with van der Waals surface area (Å²) in [7, 11) is 0. The van der Waals surface area contributed by atoms with Gasteiger partial charge in [0.1, 0.15) is 5.75 Å². The van der Waals surface area contributed by atoms with Gasteiger partial charge < -0.3 is 15.0 Å². The van der Waals surface area contributed by atoms with E-state index in [0.29, 0.717) is 16.7 Å². The predicted octanol–water partition coefficient (Wildman–Crippen LogP) is 3.37. The van der Waals surface area contributed by atoms with Crippen LogP contribution < -0.4 is 10.5 Å². The summed E-state index contributed by atoms with van der Waals surface area (Å²) in [5, 5.41) is 4.63. The Morgan fingerprint density at radius 1 is 1.43 bits per heavy atom. The molecule has 114 valence electrons. The van der Waals surface area contributed by atoms with Gasteiger partial charge in [0.2, 0.25) is 0 Å². The van der Waals surface area contributed by atoms with Gasteiger partial charge in [0.15, 0.2) is 12.4 Å². The summed E-state index contributed by atoms with van der Waals surface area (Å²) >= 11 is 5.90. The van der Waals surface area contributed by atoms with Crippen molar-refractivity contribution in [3.05, 3.63) is 40.5 Å². The zero-order chi connectivity index (χ0) is 14.2. The summed E-state index contributed by atoms with van der Waals surface area (Å²) in [6.45, 7) is 2.16. The van der Waals surface area contributed by atoms with Crippen LogP contribution in [0.3, 0.4) is 0 Å². The highest BCUT2D eigenvalue weighted by molar-refractivity contribution is 6.30. The Bertz CT molecular complexity index is 626.